The average molecular weight is 451 g/mol. The monoisotopic (exact) mass is 450 g/mol. The maximum absolute atomic E-state index is 13.3. The molecular weight excluding hydrogens is 424 g/mol. The average Bonchev–Trinajstić information content (AvgIpc) is 3.46. The highest BCUT2D eigenvalue weighted by Gasteiger charge is 2.20. The van der Waals surface area contributed by atoms with E-state index in [1.807, 2.05) is 34.1 Å². The third-order valence-corrected chi connectivity index (χ3v) is 7.04. The lowest BCUT2D eigenvalue weighted by Gasteiger charge is -2.20. The normalized spacial score (nSPS) is 11.2. The number of amides is 1. The first-order chi connectivity index (χ1) is 15.2. The van der Waals surface area contributed by atoms with E-state index in [0.29, 0.717) is 13.0 Å². The minimum absolute atomic E-state index is 0.0808. The van der Waals surface area contributed by atoms with Gasteiger partial charge in [0.25, 0.3) is 0 Å². The van der Waals surface area contributed by atoms with Gasteiger partial charge in [0, 0.05) is 30.4 Å². The van der Waals surface area contributed by atoms with E-state index < -0.39 is 0 Å². The van der Waals surface area contributed by atoms with Crippen molar-refractivity contribution < 1.29 is 4.79 Å². The first-order valence-electron chi connectivity index (χ1n) is 10.4. The molecule has 5 nitrogen and oxygen atoms in total. The molecule has 0 saturated carbocycles. The molecule has 0 atom stereocenters. The van der Waals surface area contributed by atoms with Gasteiger partial charge in [-0.3, -0.25) is 9.69 Å². The van der Waals surface area contributed by atoms with E-state index >= 15 is 0 Å². The molecular formula is C24H26N4OS2. The van der Waals surface area contributed by atoms with Gasteiger partial charge >= 0.3 is 0 Å². The van der Waals surface area contributed by atoms with Gasteiger partial charge in [0.2, 0.25) is 5.91 Å². The van der Waals surface area contributed by atoms with E-state index in [4.69, 9.17) is 4.98 Å². The van der Waals surface area contributed by atoms with Gasteiger partial charge in [-0.2, -0.15) is 0 Å². The first-order valence-corrected chi connectivity index (χ1v) is 12.5. The second-order valence-corrected chi connectivity index (χ2v) is 9.27. The van der Waals surface area contributed by atoms with Crippen molar-refractivity contribution in [2.75, 3.05) is 17.7 Å². The van der Waals surface area contributed by atoms with Crippen LogP contribution in [0.1, 0.15) is 24.5 Å². The van der Waals surface area contributed by atoms with E-state index in [0.717, 1.165) is 40.3 Å². The Bertz CT molecular complexity index is 1140. The second kappa shape index (κ2) is 10.1. The molecule has 31 heavy (non-hydrogen) atoms. The van der Waals surface area contributed by atoms with Gasteiger partial charge in [-0.25, -0.2) is 9.97 Å². The fraction of sp³-hybridized carbons (Fsp3) is 0.292. The molecule has 2 heterocycles. The predicted molar refractivity (Wildman–Crippen MR) is 130 cm³/mol. The maximum Gasteiger partial charge on any atom is 0.233 e. The van der Waals surface area contributed by atoms with Crippen LogP contribution in [0.5, 0.6) is 0 Å². The number of nitrogens with zero attached hydrogens (tertiary/aromatic N) is 4. The van der Waals surface area contributed by atoms with Crippen LogP contribution in [0.3, 0.4) is 0 Å². The lowest BCUT2D eigenvalue weighted by molar-refractivity contribution is -0.118. The molecule has 0 unspecified atom stereocenters. The van der Waals surface area contributed by atoms with Gasteiger partial charge in [0.05, 0.1) is 23.0 Å². The Balaban J connectivity index is 1.55. The zero-order valence-corrected chi connectivity index (χ0v) is 19.5. The summed E-state index contributed by atoms with van der Waals surface area (Å²) in [5.41, 5.74) is 3.26. The predicted octanol–water partition coefficient (Wildman–Crippen LogP) is 5.44. The Morgan fingerprint density at radius 2 is 1.97 bits per heavy atom. The fourth-order valence-electron chi connectivity index (χ4n) is 3.46. The van der Waals surface area contributed by atoms with E-state index in [2.05, 4.69) is 48.5 Å². The van der Waals surface area contributed by atoms with Crippen LogP contribution in [-0.2, 0) is 24.2 Å². The fourth-order valence-corrected chi connectivity index (χ4v) is 4.94. The maximum atomic E-state index is 13.3. The summed E-state index contributed by atoms with van der Waals surface area (Å²) in [7, 11) is 0. The summed E-state index contributed by atoms with van der Waals surface area (Å²) in [5, 5.41) is 0.777. The number of thioether (sulfide) groups is 1. The number of anilines is 1. The molecule has 0 fully saturated rings. The van der Waals surface area contributed by atoms with Crippen LogP contribution in [0.15, 0.2) is 66.1 Å². The summed E-state index contributed by atoms with van der Waals surface area (Å²) < 4.78 is 3.17. The molecule has 0 aliphatic rings. The summed E-state index contributed by atoms with van der Waals surface area (Å²) in [6.07, 6.45) is 9.79. The van der Waals surface area contributed by atoms with Gasteiger partial charge in [-0.1, -0.05) is 36.5 Å². The zero-order chi connectivity index (χ0) is 21.6. The molecule has 0 aliphatic heterocycles. The van der Waals surface area contributed by atoms with Crippen molar-refractivity contribution in [3.8, 4) is 0 Å². The van der Waals surface area contributed by atoms with Crippen LogP contribution in [0, 0.1) is 0 Å². The number of hydrogen-bond acceptors (Lipinski definition) is 5. The topological polar surface area (TPSA) is 51.0 Å². The highest BCUT2D eigenvalue weighted by molar-refractivity contribution is 7.98. The number of imidazole rings is 1. The number of fused-ring (bicyclic) bond motifs is 1. The van der Waals surface area contributed by atoms with Crippen molar-refractivity contribution in [1.29, 1.82) is 0 Å². The Labute approximate surface area is 191 Å². The molecule has 160 valence electrons. The lowest BCUT2D eigenvalue weighted by atomic mass is 10.1. The first kappa shape index (κ1) is 21.6. The van der Waals surface area contributed by atoms with Gasteiger partial charge < -0.3 is 4.57 Å². The molecule has 4 aromatic rings. The SMILES string of the molecule is CCc1ccc2nc(N(CCCn3ccnc3)C(=O)Cc3ccc(SC)cc3)sc2c1. The molecule has 7 heteroatoms. The number of carbonyl (C=O) groups is 1. The molecule has 0 spiro atoms. The van der Waals surface area contributed by atoms with E-state index in [-0.39, 0.29) is 5.91 Å². The van der Waals surface area contributed by atoms with Crippen molar-refractivity contribution >= 4 is 44.4 Å². The molecule has 0 radical (unpaired) electrons. The number of rotatable bonds is 9. The molecule has 2 aromatic carbocycles. The molecule has 0 N–H and O–H groups in total. The van der Waals surface area contributed by atoms with E-state index in [9.17, 15) is 4.79 Å². The summed E-state index contributed by atoms with van der Waals surface area (Å²) in [6.45, 7) is 3.59. The van der Waals surface area contributed by atoms with Crippen molar-refractivity contribution in [3.05, 3.63) is 72.3 Å². The number of benzene rings is 2. The van der Waals surface area contributed by atoms with E-state index in [1.165, 1.54) is 10.5 Å². The molecule has 0 bridgehead atoms. The van der Waals surface area contributed by atoms with Gasteiger partial charge in [-0.15, -0.1) is 11.8 Å². The number of carbonyl (C=O) groups excluding carboxylic acids is 1. The largest absolute Gasteiger partial charge is 0.337 e. The van der Waals surface area contributed by atoms with Crippen molar-refractivity contribution in [1.82, 2.24) is 14.5 Å². The zero-order valence-electron chi connectivity index (χ0n) is 17.8. The van der Waals surface area contributed by atoms with E-state index in [1.54, 1.807) is 29.3 Å². The third kappa shape index (κ3) is 5.35. The van der Waals surface area contributed by atoms with Crippen LogP contribution < -0.4 is 4.90 Å². The Hall–Kier alpha value is -2.64. The molecule has 2 aromatic heterocycles. The standard InChI is InChI=1S/C24H26N4OS2/c1-3-18-7-10-21-22(15-18)31-24(26-21)28(13-4-12-27-14-11-25-17-27)23(29)16-19-5-8-20(30-2)9-6-19/h5-11,14-15,17H,3-4,12-13,16H2,1-2H3. The van der Waals surface area contributed by atoms with Crippen molar-refractivity contribution in [2.45, 2.75) is 37.6 Å². The minimum atomic E-state index is 0.0808. The molecule has 4 rings (SSSR count). The number of aryl methyl sites for hydroxylation is 2. The molecule has 0 saturated heterocycles. The summed E-state index contributed by atoms with van der Waals surface area (Å²) in [4.78, 5) is 25.3. The minimum Gasteiger partial charge on any atom is -0.337 e. The highest BCUT2D eigenvalue weighted by Crippen LogP contribution is 2.30. The van der Waals surface area contributed by atoms with Crippen molar-refractivity contribution in [3.63, 3.8) is 0 Å². The molecule has 0 aliphatic carbocycles. The summed E-state index contributed by atoms with van der Waals surface area (Å²) >= 11 is 3.30. The van der Waals surface area contributed by atoms with Gasteiger partial charge in [0.15, 0.2) is 5.13 Å². The van der Waals surface area contributed by atoms with Crippen LogP contribution in [-0.4, -0.2) is 33.2 Å². The quantitative estimate of drug-likeness (QED) is 0.319. The summed E-state index contributed by atoms with van der Waals surface area (Å²) in [5.74, 6) is 0.0808. The van der Waals surface area contributed by atoms with Crippen LogP contribution in [0.2, 0.25) is 0 Å². The van der Waals surface area contributed by atoms with Gasteiger partial charge in [0.1, 0.15) is 0 Å². The van der Waals surface area contributed by atoms with Crippen LogP contribution in [0.25, 0.3) is 10.2 Å². The second-order valence-electron chi connectivity index (χ2n) is 7.38. The number of aromatic nitrogens is 3. The van der Waals surface area contributed by atoms with Gasteiger partial charge in [-0.05, 0) is 54.5 Å². The molecule has 1 amide bonds. The summed E-state index contributed by atoms with van der Waals surface area (Å²) in [6, 6.07) is 14.6. The highest BCUT2D eigenvalue weighted by atomic mass is 32.2. The Morgan fingerprint density at radius 3 is 2.68 bits per heavy atom. The smallest absolute Gasteiger partial charge is 0.233 e. The Morgan fingerprint density at radius 1 is 1.16 bits per heavy atom. The van der Waals surface area contributed by atoms with Crippen molar-refractivity contribution in [2.24, 2.45) is 0 Å². The Kier molecular flexibility index (Phi) is 7.04. The number of hydrogen-bond donors (Lipinski definition) is 0. The third-order valence-electron chi connectivity index (χ3n) is 5.25. The lowest BCUT2D eigenvalue weighted by Crippen LogP contribution is -2.33. The van der Waals surface area contributed by atoms with Crippen LogP contribution in [0.4, 0.5) is 5.13 Å². The number of thiazole rings is 1. The van der Waals surface area contributed by atoms with Crippen LogP contribution >= 0.6 is 23.1 Å².